The SMILES string of the molecule is CONS(=O)(=O)c1sccc1Cl. The maximum atomic E-state index is 11.2. The van der Waals surface area contributed by atoms with Crippen molar-refractivity contribution in [3.63, 3.8) is 0 Å². The summed E-state index contributed by atoms with van der Waals surface area (Å²) in [6.07, 6.45) is 0. The van der Waals surface area contributed by atoms with Crippen molar-refractivity contribution in [1.29, 1.82) is 0 Å². The summed E-state index contributed by atoms with van der Waals surface area (Å²) in [7, 11) is -2.36. The van der Waals surface area contributed by atoms with Gasteiger partial charge in [-0.1, -0.05) is 16.5 Å². The summed E-state index contributed by atoms with van der Waals surface area (Å²) in [5.41, 5.74) is 0. The van der Waals surface area contributed by atoms with Gasteiger partial charge in [0, 0.05) is 0 Å². The van der Waals surface area contributed by atoms with Crippen LogP contribution in [-0.4, -0.2) is 15.5 Å². The Morgan fingerprint density at radius 2 is 2.33 bits per heavy atom. The van der Waals surface area contributed by atoms with Crippen LogP contribution in [0.1, 0.15) is 0 Å². The van der Waals surface area contributed by atoms with Crippen LogP contribution >= 0.6 is 22.9 Å². The van der Waals surface area contributed by atoms with Crippen LogP contribution in [0.5, 0.6) is 0 Å². The lowest BCUT2D eigenvalue weighted by molar-refractivity contribution is 0.153. The summed E-state index contributed by atoms with van der Waals surface area (Å²) in [4.78, 5) is 6.16. The summed E-state index contributed by atoms with van der Waals surface area (Å²) in [5.74, 6) is 0. The van der Waals surface area contributed by atoms with E-state index < -0.39 is 10.0 Å². The van der Waals surface area contributed by atoms with Crippen LogP contribution in [0.15, 0.2) is 15.7 Å². The summed E-state index contributed by atoms with van der Waals surface area (Å²) in [6.45, 7) is 0. The number of hydrogen-bond donors (Lipinski definition) is 1. The average molecular weight is 228 g/mol. The Morgan fingerprint density at radius 1 is 1.67 bits per heavy atom. The number of nitrogens with one attached hydrogen (secondary N) is 1. The predicted molar refractivity (Wildman–Crippen MR) is 46.7 cm³/mol. The monoisotopic (exact) mass is 227 g/mol. The third-order valence-electron chi connectivity index (χ3n) is 1.02. The molecule has 0 aromatic carbocycles. The number of hydrogen-bond acceptors (Lipinski definition) is 4. The first kappa shape index (κ1) is 9.94. The van der Waals surface area contributed by atoms with E-state index in [9.17, 15) is 8.42 Å². The molecule has 0 amide bonds. The minimum Gasteiger partial charge on any atom is -0.290 e. The smallest absolute Gasteiger partial charge is 0.273 e. The minimum absolute atomic E-state index is 0.0611. The van der Waals surface area contributed by atoms with Gasteiger partial charge in [0.15, 0.2) is 4.21 Å². The zero-order valence-corrected chi connectivity index (χ0v) is 8.46. The van der Waals surface area contributed by atoms with Crippen molar-refractivity contribution in [1.82, 2.24) is 4.89 Å². The highest BCUT2D eigenvalue weighted by Crippen LogP contribution is 2.26. The van der Waals surface area contributed by atoms with Gasteiger partial charge in [0.2, 0.25) is 0 Å². The molecule has 0 aliphatic rings. The largest absolute Gasteiger partial charge is 0.290 e. The number of rotatable bonds is 3. The molecule has 1 rings (SSSR count). The number of thiophene rings is 1. The second kappa shape index (κ2) is 3.71. The molecule has 1 aromatic rings. The second-order valence-corrected chi connectivity index (χ2v) is 5.01. The molecule has 12 heavy (non-hydrogen) atoms. The van der Waals surface area contributed by atoms with Crippen molar-refractivity contribution in [3.8, 4) is 0 Å². The third kappa shape index (κ3) is 1.96. The molecule has 0 atom stereocenters. The van der Waals surface area contributed by atoms with Crippen molar-refractivity contribution in [2.45, 2.75) is 4.21 Å². The second-order valence-electron chi connectivity index (χ2n) is 1.85. The zero-order chi connectivity index (χ0) is 9.19. The van der Waals surface area contributed by atoms with Gasteiger partial charge in [0.1, 0.15) is 0 Å². The summed E-state index contributed by atoms with van der Waals surface area (Å²) in [5, 5.41) is 1.79. The van der Waals surface area contributed by atoms with E-state index in [2.05, 4.69) is 4.84 Å². The molecular weight excluding hydrogens is 222 g/mol. The van der Waals surface area contributed by atoms with Gasteiger partial charge in [-0.15, -0.1) is 11.3 Å². The molecule has 0 saturated carbocycles. The van der Waals surface area contributed by atoms with Gasteiger partial charge in [0.05, 0.1) is 12.1 Å². The Balaban J connectivity index is 3.06. The highest BCUT2D eigenvalue weighted by molar-refractivity contribution is 7.91. The summed E-state index contributed by atoms with van der Waals surface area (Å²) < 4.78 is 22.5. The average Bonchev–Trinajstić information content (AvgIpc) is 2.35. The van der Waals surface area contributed by atoms with E-state index in [0.717, 1.165) is 11.3 Å². The Hall–Kier alpha value is -0.140. The molecule has 1 heterocycles. The van der Waals surface area contributed by atoms with Crippen molar-refractivity contribution in [2.24, 2.45) is 0 Å². The van der Waals surface area contributed by atoms with Crippen LogP contribution in [0.2, 0.25) is 5.02 Å². The standard InChI is InChI=1S/C5H6ClNO3S2/c1-10-7-12(8,9)5-4(6)2-3-11-5/h2-3,7H,1H3. The fourth-order valence-corrected chi connectivity index (χ4v) is 3.10. The van der Waals surface area contributed by atoms with Crippen molar-refractivity contribution < 1.29 is 13.3 Å². The first-order valence-corrected chi connectivity index (χ1v) is 5.60. The molecule has 68 valence electrons. The Kier molecular flexibility index (Phi) is 3.08. The molecule has 0 saturated heterocycles. The van der Waals surface area contributed by atoms with E-state index in [-0.39, 0.29) is 9.23 Å². The molecule has 7 heteroatoms. The molecule has 0 radical (unpaired) electrons. The van der Waals surface area contributed by atoms with Crippen molar-refractivity contribution in [3.05, 3.63) is 16.5 Å². The van der Waals surface area contributed by atoms with Crippen LogP contribution in [0.4, 0.5) is 0 Å². The van der Waals surface area contributed by atoms with Crippen LogP contribution < -0.4 is 4.89 Å². The van der Waals surface area contributed by atoms with Crippen LogP contribution in [0, 0.1) is 0 Å². The van der Waals surface area contributed by atoms with Crippen molar-refractivity contribution >= 4 is 33.0 Å². The van der Waals surface area contributed by atoms with Crippen LogP contribution in [0.25, 0.3) is 0 Å². The first-order chi connectivity index (χ1) is 5.58. The maximum Gasteiger partial charge on any atom is 0.273 e. The highest BCUT2D eigenvalue weighted by atomic mass is 35.5. The fourth-order valence-electron chi connectivity index (χ4n) is 0.619. The molecular formula is C5H6ClNO3S2. The molecule has 0 unspecified atom stereocenters. The predicted octanol–water partition coefficient (Wildman–Crippen LogP) is 1.24. The Labute approximate surface area is 79.1 Å². The quantitative estimate of drug-likeness (QED) is 0.791. The lowest BCUT2D eigenvalue weighted by Gasteiger charge is -2.00. The van der Waals surface area contributed by atoms with E-state index in [1.165, 1.54) is 13.2 Å². The van der Waals surface area contributed by atoms with Crippen molar-refractivity contribution in [2.75, 3.05) is 7.11 Å². The van der Waals surface area contributed by atoms with E-state index >= 15 is 0 Å². The molecule has 0 bridgehead atoms. The van der Waals surface area contributed by atoms with E-state index in [4.69, 9.17) is 11.6 Å². The molecule has 0 aliphatic carbocycles. The van der Waals surface area contributed by atoms with E-state index in [1.807, 2.05) is 4.89 Å². The van der Waals surface area contributed by atoms with E-state index in [1.54, 1.807) is 5.38 Å². The third-order valence-corrected chi connectivity index (χ3v) is 4.31. The van der Waals surface area contributed by atoms with Gasteiger partial charge in [-0.25, -0.2) is 8.42 Å². The normalized spacial score (nSPS) is 11.8. The van der Waals surface area contributed by atoms with Gasteiger partial charge >= 0.3 is 0 Å². The lowest BCUT2D eigenvalue weighted by atomic mass is 10.7. The topological polar surface area (TPSA) is 55.4 Å². The van der Waals surface area contributed by atoms with Gasteiger partial charge in [-0.2, -0.15) is 0 Å². The zero-order valence-electron chi connectivity index (χ0n) is 6.07. The lowest BCUT2D eigenvalue weighted by Crippen LogP contribution is -2.21. The van der Waals surface area contributed by atoms with Crippen LogP contribution in [-0.2, 0) is 14.9 Å². The molecule has 1 aromatic heterocycles. The van der Waals surface area contributed by atoms with Gasteiger partial charge in [-0.05, 0) is 11.4 Å². The Morgan fingerprint density at radius 3 is 2.75 bits per heavy atom. The molecule has 1 N–H and O–H groups in total. The van der Waals surface area contributed by atoms with Crippen LogP contribution in [0.3, 0.4) is 0 Å². The molecule has 0 spiro atoms. The van der Waals surface area contributed by atoms with Gasteiger partial charge < -0.3 is 0 Å². The molecule has 0 fully saturated rings. The summed E-state index contributed by atoms with van der Waals surface area (Å²) >= 11 is 6.63. The first-order valence-electron chi connectivity index (χ1n) is 2.85. The number of sulfonamides is 1. The van der Waals surface area contributed by atoms with Gasteiger partial charge in [-0.3, -0.25) is 4.84 Å². The fraction of sp³-hybridized carbons (Fsp3) is 0.200. The Bertz CT molecular complexity index is 359. The number of halogens is 1. The summed E-state index contributed by atoms with van der Waals surface area (Å²) in [6, 6.07) is 1.51. The van der Waals surface area contributed by atoms with Gasteiger partial charge in [0.25, 0.3) is 10.0 Å². The molecule has 4 nitrogen and oxygen atoms in total. The maximum absolute atomic E-state index is 11.2. The highest BCUT2D eigenvalue weighted by Gasteiger charge is 2.18. The van der Waals surface area contributed by atoms with E-state index in [0.29, 0.717) is 0 Å². The minimum atomic E-state index is -3.58. The molecule has 0 aliphatic heterocycles.